The average Bonchev–Trinajstić information content (AvgIpc) is 2.29. The van der Waals surface area contributed by atoms with Crippen LogP contribution in [-0.4, -0.2) is 26.2 Å². The molecule has 0 fully saturated rings. The van der Waals surface area contributed by atoms with E-state index in [1.54, 1.807) is 12.1 Å². The molecular weight excluding hydrogens is 215 g/mol. The van der Waals surface area contributed by atoms with Crippen molar-refractivity contribution in [3.05, 3.63) is 30.1 Å². The van der Waals surface area contributed by atoms with Gasteiger partial charge in [-0.3, -0.25) is 0 Å². The van der Waals surface area contributed by atoms with Crippen molar-refractivity contribution in [3.8, 4) is 0 Å². The van der Waals surface area contributed by atoms with Crippen LogP contribution in [0.5, 0.6) is 0 Å². The lowest BCUT2D eigenvalue weighted by atomic mass is 10.2. The maximum absolute atomic E-state index is 13.1. The first-order chi connectivity index (χ1) is 8.13. The van der Waals surface area contributed by atoms with Crippen LogP contribution in [0.4, 0.5) is 10.1 Å². The Kier molecular flexibility index (Phi) is 5.98. The second-order valence-electron chi connectivity index (χ2n) is 4.66. The number of hydrogen-bond donors (Lipinski definition) is 1. The molecule has 1 rings (SSSR count). The summed E-state index contributed by atoms with van der Waals surface area (Å²) in [7, 11) is 0. The SMILES string of the molecule is CCN(CCNCC(C)C)c1cccc(F)c1. The molecule has 0 heterocycles. The molecule has 1 aromatic rings. The van der Waals surface area contributed by atoms with Gasteiger partial charge in [0.2, 0.25) is 0 Å². The van der Waals surface area contributed by atoms with E-state index in [9.17, 15) is 4.39 Å². The van der Waals surface area contributed by atoms with Gasteiger partial charge in [-0.1, -0.05) is 19.9 Å². The number of hydrogen-bond acceptors (Lipinski definition) is 2. The van der Waals surface area contributed by atoms with Crippen molar-refractivity contribution in [1.82, 2.24) is 5.32 Å². The molecule has 1 aromatic carbocycles. The number of halogens is 1. The molecule has 0 saturated heterocycles. The molecule has 0 amide bonds. The van der Waals surface area contributed by atoms with Crippen LogP contribution in [0.1, 0.15) is 20.8 Å². The first-order valence-electron chi connectivity index (χ1n) is 6.34. The van der Waals surface area contributed by atoms with E-state index in [1.807, 2.05) is 6.07 Å². The Morgan fingerprint density at radius 3 is 2.71 bits per heavy atom. The van der Waals surface area contributed by atoms with Gasteiger partial charge >= 0.3 is 0 Å². The van der Waals surface area contributed by atoms with Gasteiger partial charge in [-0.25, -0.2) is 4.39 Å². The molecule has 96 valence electrons. The zero-order valence-corrected chi connectivity index (χ0v) is 11.0. The number of likely N-dealkylation sites (N-methyl/N-ethyl adjacent to an activating group) is 1. The molecule has 0 radical (unpaired) electrons. The minimum atomic E-state index is -0.170. The van der Waals surface area contributed by atoms with Crippen LogP contribution >= 0.6 is 0 Å². The molecule has 0 bridgehead atoms. The van der Waals surface area contributed by atoms with Crippen molar-refractivity contribution < 1.29 is 4.39 Å². The maximum atomic E-state index is 13.1. The van der Waals surface area contributed by atoms with Gasteiger partial charge in [-0.15, -0.1) is 0 Å². The van der Waals surface area contributed by atoms with Gasteiger partial charge in [0.05, 0.1) is 0 Å². The van der Waals surface area contributed by atoms with Gasteiger partial charge in [0.15, 0.2) is 0 Å². The third kappa shape index (κ3) is 5.18. The van der Waals surface area contributed by atoms with Crippen molar-refractivity contribution in [3.63, 3.8) is 0 Å². The minimum absolute atomic E-state index is 0.170. The highest BCUT2D eigenvalue weighted by Gasteiger charge is 2.04. The second-order valence-corrected chi connectivity index (χ2v) is 4.66. The van der Waals surface area contributed by atoms with Crippen LogP contribution in [0.15, 0.2) is 24.3 Å². The van der Waals surface area contributed by atoms with Crippen LogP contribution < -0.4 is 10.2 Å². The summed E-state index contributed by atoms with van der Waals surface area (Å²) in [6, 6.07) is 6.78. The summed E-state index contributed by atoms with van der Waals surface area (Å²) in [4.78, 5) is 2.18. The van der Waals surface area contributed by atoms with Gasteiger partial charge in [0, 0.05) is 25.3 Å². The summed E-state index contributed by atoms with van der Waals surface area (Å²) in [5, 5.41) is 3.40. The van der Waals surface area contributed by atoms with Gasteiger partial charge in [-0.2, -0.15) is 0 Å². The third-order valence-electron chi connectivity index (χ3n) is 2.67. The Morgan fingerprint density at radius 2 is 2.12 bits per heavy atom. The first-order valence-corrected chi connectivity index (χ1v) is 6.34. The van der Waals surface area contributed by atoms with E-state index in [0.29, 0.717) is 5.92 Å². The standard InChI is InChI=1S/C14H23FN2/c1-4-17(9-8-16-11-12(2)3)14-7-5-6-13(15)10-14/h5-7,10,12,16H,4,8-9,11H2,1-3H3. The maximum Gasteiger partial charge on any atom is 0.125 e. The van der Waals surface area contributed by atoms with Crippen LogP contribution in [0, 0.1) is 11.7 Å². The largest absolute Gasteiger partial charge is 0.370 e. The highest BCUT2D eigenvalue weighted by atomic mass is 19.1. The molecule has 0 aliphatic rings. The Morgan fingerprint density at radius 1 is 1.35 bits per heavy atom. The van der Waals surface area contributed by atoms with Gasteiger partial charge < -0.3 is 10.2 Å². The Balaban J connectivity index is 2.43. The first kappa shape index (κ1) is 14.0. The molecule has 3 heteroatoms. The van der Waals surface area contributed by atoms with Crippen molar-refractivity contribution in [2.45, 2.75) is 20.8 Å². The minimum Gasteiger partial charge on any atom is -0.370 e. The normalized spacial score (nSPS) is 10.9. The smallest absolute Gasteiger partial charge is 0.125 e. The van der Waals surface area contributed by atoms with Crippen molar-refractivity contribution in [2.75, 3.05) is 31.1 Å². The Labute approximate surface area is 104 Å². The topological polar surface area (TPSA) is 15.3 Å². The fourth-order valence-corrected chi connectivity index (χ4v) is 1.75. The number of rotatable bonds is 7. The molecule has 0 unspecified atom stereocenters. The Hall–Kier alpha value is -1.09. The number of benzene rings is 1. The lowest BCUT2D eigenvalue weighted by molar-refractivity contribution is 0.551. The fourth-order valence-electron chi connectivity index (χ4n) is 1.75. The number of anilines is 1. The zero-order chi connectivity index (χ0) is 12.7. The van der Waals surface area contributed by atoms with E-state index < -0.39 is 0 Å². The van der Waals surface area contributed by atoms with Gasteiger partial charge in [0.1, 0.15) is 5.82 Å². The van der Waals surface area contributed by atoms with E-state index in [0.717, 1.165) is 31.9 Å². The predicted molar refractivity (Wildman–Crippen MR) is 72.0 cm³/mol. The summed E-state index contributed by atoms with van der Waals surface area (Å²) < 4.78 is 13.1. The molecule has 0 aliphatic carbocycles. The van der Waals surface area contributed by atoms with Crippen LogP contribution in [0.25, 0.3) is 0 Å². The quantitative estimate of drug-likeness (QED) is 0.735. The molecule has 0 saturated carbocycles. The average molecular weight is 238 g/mol. The molecule has 0 aliphatic heterocycles. The second kappa shape index (κ2) is 7.28. The van der Waals surface area contributed by atoms with Crippen molar-refractivity contribution in [1.29, 1.82) is 0 Å². The molecule has 0 aromatic heterocycles. The fraction of sp³-hybridized carbons (Fsp3) is 0.571. The summed E-state index contributed by atoms with van der Waals surface area (Å²) in [6.07, 6.45) is 0. The molecule has 1 N–H and O–H groups in total. The van der Waals surface area contributed by atoms with E-state index in [2.05, 4.69) is 31.0 Å². The Bertz CT molecular complexity index is 326. The lowest BCUT2D eigenvalue weighted by Gasteiger charge is -2.23. The zero-order valence-electron chi connectivity index (χ0n) is 11.0. The predicted octanol–water partition coefficient (Wildman–Crippen LogP) is 2.90. The van der Waals surface area contributed by atoms with Gasteiger partial charge in [-0.05, 0) is 37.6 Å². The summed E-state index contributed by atoms with van der Waals surface area (Å²) in [6.45, 7) is 10.2. The summed E-state index contributed by atoms with van der Waals surface area (Å²) >= 11 is 0. The highest BCUT2D eigenvalue weighted by Crippen LogP contribution is 2.14. The monoisotopic (exact) mass is 238 g/mol. The van der Waals surface area contributed by atoms with Crippen molar-refractivity contribution >= 4 is 5.69 Å². The lowest BCUT2D eigenvalue weighted by Crippen LogP contribution is -2.33. The van der Waals surface area contributed by atoms with Crippen LogP contribution in [-0.2, 0) is 0 Å². The van der Waals surface area contributed by atoms with E-state index in [4.69, 9.17) is 0 Å². The van der Waals surface area contributed by atoms with E-state index in [1.165, 1.54) is 6.07 Å². The van der Waals surface area contributed by atoms with Crippen LogP contribution in [0.2, 0.25) is 0 Å². The molecule has 17 heavy (non-hydrogen) atoms. The molecular formula is C14H23FN2. The van der Waals surface area contributed by atoms with Crippen molar-refractivity contribution in [2.24, 2.45) is 5.92 Å². The molecule has 0 spiro atoms. The summed E-state index contributed by atoms with van der Waals surface area (Å²) in [5.74, 6) is 0.496. The van der Waals surface area contributed by atoms with E-state index in [-0.39, 0.29) is 5.82 Å². The number of nitrogens with zero attached hydrogens (tertiary/aromatic N) is 1. The summed E-state index contributed by atoms with van der Waals surface area (Å²) in [5.41, 5.74) is 0.957. The van der Waals surface area contributed by atoms with Crippen LogP contribution in [0.3, 0.4) is 0 Å². The molecule has 2 nitrogen and oxygen atoms in total. The third-order valence-corrected chi connectivity index (χ3v) is 2.67. The highest BCUT2D eigenvalue weighted by molar-refractivity contribution is 5.46. The molecule has 0 atom stereocenters. The van der Waals surface area contributed by atoms with E-state index >= 15 is 0 Å². The number of nitrogens with one attached hydrogen (secondary N) is 1. The van der Waals surface area contributed by atoms with Gasteiger partial charge in [0.25, 0.3) is 0 Å².